The summed E-state index contributed by atoms with van der Waals surface area (Å²) in [5.74, 6) is 0. The minimum absolute atomic E-state index is 0.872. The number of alkyl halides is 6. The van der Waals surface area contributed by atoms with Crippen LogP contribution >= 0.6 is 0 Å². The Labute approximate surface area is 78.2 Å². The molecule has 0 radical (unpaired) electrons. The fourth-order valence-electron chi connectivity index (χ4n) is 1.09. The molecule has 0 unspecified atom stereocenters. The van der Waals surface area contributed by atoms with Crippen LogP contribution in [-0.4, -0.2) is 27.8 Å². The predicted octanol–water partition coefficient (Wildman–Crippen LogP) is 3.33. The molecule has 1 nitrogen and oxygen atoms in total. The average molecular weight is 240 g/mol. The van der Waals surface area contributed by atoms with Gasteiger partial charge in [-0.15, -0.1) is 0 Å². The Balaban J connectivity index is 5.14. The summed E-state index contributed by atoms with van der Waals surface area (Å²) in [6.45, 7) is 1.78. The molecule has 0 aromatic rings. The van der Waals surface area contributed by atoms with Crippen molar-refractivity contribution in [2.75, 3.05) is 7.11 Å². The first-order valence-electron chi connectivity index (χ1n) is 3.61. The highest BCUT2D eigenvalue weighted by molar-refractivity contribution is 6.73. The molecule has 0 aliphatic heterocycles. The van der Waals surface area contributed by atoms with Crippen LogP contribution in [0.4, 0.5) is 26.3 Å². The van der Waals surface area contributed by atoms with E-state index in [1.807, 2.05) is 0 Å². The van der Waals surface area contributed by atoms with E-state index in [-0.39, 0.29) is 0 Å². The third kappa shape index (κ3) is 3.16. The Morgan fingerprint density at radius 2 is 1.21 bits per heavy atom. The average Bonchev–Trinajstić information content (AvgIpc) is 1.79. The van der Waals surface area contributed by atoms with Crippen LogP contribution < -0.4 is 0 Å². The maximum absolute atomic E-state index is 12.1. The maximum Gasteiger partial charge on any atom is 0.400 e. The van der Waals surface area contributed by atoms with Crippen LogP contribution in [0.3, 0.4) is 0 Å². The molecule has 0 aliphatic carbocycles. The van der Waals surface area contributed by atoms with Crippen LogP contribution in [0, 0.1) is 0 Å². The lowest BCUT2D eigenvalue weighted by Crippen LogP contribution is -2.50. The van der Waals surface area contributed by atoms with Crippen LogP contribution in [0.2, 0.25) is 18.6 Å². The first-order chi connectivity index (χ1) is 5.93. The van der Waals surface area contributed by atoms with Gasteiger partial charge in [0.1, 0.15) is 0 Å². The molecule has 0 aromatic carbocycles. The van der Waals surface area contributed by atoms with Crippen LogP contribution in [-0.2, 0) is 4.43 Å². The van der Waals surface area contributed by atoms with E-state index in [1.165, 1.54) is 0 Å². The molecule has 0 fully saturated rings. The monoisotopic (exact) mass is 240 g/mol. The topological polar surface area (TPSA) is 9.23 Å². The number of hydrogen-bond donors (Lipinski definition) is 0. The fraction of sp³-hybridized carbons (Fsp3) is 1.00. The van der Waals surface area contributed by atoms with Gasteiger partial charge in [-0.1, -0.05) is 0 Å². The molecule has 8 heteroatoms. The van der Waals surface area contributed by atoms with E-state index in [4.69, 9.17) is 0 Å². The molecular weight excluding hydrogens is 230 g/mol. The van der Waals surface area contributed by atoms with E-state index in [1.54, 1.807) is 0 Å². The summed E-state index contributed by atoms with van der Waals surface area (Å²) in [5, 5.41) is 0. The lowest BCUT2D eigenvalue weighted by molar-refractivity contribution is -0.235. The molecule has 0 saturated heterocycles. The number of halogens is 6. The zero-order valence-corrected chi connectivity index (χ0v) is 8.75. The van der Waals surface area contributed by atoms with Gasteiger partial charge in [0.2, 0.25) is 8.32 Å². The minimum Gasteiger partial charge on any atom is -0.419 e. The summed E-state index contributed by atoms with van der Waals surface area (Å²) in [5.41, 5.74) is -3.34. The predicted molar refractivity (Wildman–Crippen MR) is 40.4 cm³/mol. The molecular formula is C6H10F6OSi. The van der Waals surface area contributed by atoms with Gasteiger partial charge in [0.05, 0.1) is 0 Å². The normalized spacial score (nSPS) is 15.0. The molecule has 0 heterocycles. The second-order valence-corrected chi connectivity index (χ2v) is 7.52. The van der Waals surface area contributed by atoms with E-state index < -0.39 is 26.2 Å². The molecule has 0 spiro atoms. The standard InChI is InChI=1S/C6H10F6OSi/c1-13-14(2,3)4(5(7,8)9)6(10,11)12/h4H,1-3H3. The van der Waals surface area contributed by atoms with Crippen LogP contribution in [0.15, 0.2) is 0 Å². The molecule has 0 aromatic heterocycles. The van der Waals surface area contributed by atoms with E-state index in [9.17, 15) is 26.3 Å². The molecule has 0 atom stereocenters. The van der Waals surface area contributed by atoms with Crippen molar-refractivity contribution in [1.82, 2.24) is 0 Å². The van der Waals surface area contributed by atoms with Crippen molar-refractivity contribution in [1.29, 1.82) is 0 Å². The first kappa shape index (κ1) is 13.8. The second-order valence-electron chi connectivity index (χ2n) is 3.32. The van der Waals surface area contributed by atoms with Gasteiger partial charge in [-0.05, 0) is 13.1 Å². The Morgan fingerprint density at radius 3 is 1.29 bits per heavy atom. The van der Waals surface area contributed by atoms with Crippen molar-refractivity contribution < 1.29 is 30.8 Å². The van der Waals surface area contributed by atoms with Gasteiger partial charge in [-0.2, -0.15) is 26.3 Å². The molecule has 0 bridgehead atoms. The van der Waals surface area contributed by atoms with E-state index >= 15 is 0 Å². The van der Waals surface area contributed by atoms with E-state index in [0.717, 1.165) is 20.2 Å². The van der Waals surface area contributed by atoms with Crippen molar-refractivity contribution in [2.24, 2.45) is 0 Å². The summed E-state index contributed by atoms with van der Waals surface area (Å²) in [4.78, 5) is 0. The van der Waals surface area contributed by atoms with Gasteiger partial charge >= 0.3 is 12.4 Å². The van der Waals surface area contributed by atoms with Crippen molar-refractivity contribution in [3.05, 3.63) is 0 Å². The van der Waals surface area contributed by atoms with Crippen LogP contribution in [0.5, 0.6) is 0 Å². The Morgan fingerprint density at radius 1 is 0.929 bits per heavy atom. The van der Waals surface area contributed by atoms with Gasteiger partial charge < -0.3 is 4.43 Å². The fourth-order valence-corrected chi connectivity index (χ4v) is 2.90. The van der Waals surface area contributed by atoms with E-state index in [2.05, 4.69) is 4.43 Å². The summed E-state index contributed by atoms with van der Waals surface area (Å²) < 4.78 is 77.2. The minimum atomic E-state index is -5.30. The zero-order chi connectivity index (χ0) is 11.8. The largest absolute Gasteiger partial charge is 0.419 e. The first-order valence-corrected chi connectivity index (χ1v) is 6.60. The maximum atomic E-state index is 12.1. The summed E-state index contributed by atoms with van der Waals surface area (Å²) >= 11 is 0. The highest BCUT2D eigenvalue weighted by Crippen LogP contribution is 2.49. The zero-order valence-electron chi connectivity index (χ0n) is 7.75. The van der Waals surface area contributed by atoms with Gasteiger partial charge in [0, 0.05) is 7.11 Å². The number of hydrogen-bond acceptors (Lipinski definition) is 1. The molecule has 0 aliphatic rings. The molecule has 0 rings (SSSR count). The summed E-state index contributed by atoms with van der Waals surface area (Å²) in [6, 6.07) is 0. The lowest BCUT2D eigenvalue weighted by atomic mass is 10.4. The quantitative estimate of drug-likeness (QED) is 0.531. The Bertz CT molecular complexity index is 181. The van der Waals surface area contributed by atoms with Crippen molar-refractivity contribution in [2.45, 2.75) is 31.0 Å². The van der Waals surface area contributed by atoms with Gasteiger partial charge in [0.15, 0.2) is 5.54 Å². The van der Waals surface area contributed by atoms with Gasteiger partial charge in [0.25, 0.3) is 0 Å². The van der Waals surface area contributed by atoms with Crippen LogP contribution in [0.1, 0.15) is 0 Å². The third-order valence-electron chi connectivity index (χ3n) is 1.88. The van der Waals surface area contributed by atoms with E-state index in [0.29, 0.717) is 0 Å². The summed E-state index contributed by atoms with van der Waals surface area (Å²) in [6.07, 6.45) is -10.6. The third-order valence-corrected chi connectivity index (χ3v) is 4.97. The Hall–Kier alpha value is -0.243. The molecule has 0 N–H and O–H groups in total. The lowest BCUT2D eigenvalue weighted by Gasteiger charge is -2.33. The SMILES string of the molecule is CO[Si](C)(C)C(C(F)(F)F)C(F)(F)F. The highest BCUT2D eigenvalue weighted by atomic mass is 28.4. The van der Waals surface area contributed by atoms with Crippen molar-refractivity contribution >= 4 is 8.32 Å². The number of rotatable bonds is 2. The summed E-state index contributed by atoms with van der Waals surface area (Å²) in [7, 11) is -2.96. The van der Waals surface area contributed by atoms with Crippen molar-refractivity contribution in [3.8, 4) is 0 Å². The smallest absolute Gasteiger partial charge is 0.400 e. The molecule has 0 saturated carbocycles. The van der Waals surface area contributed by atoms with Gasteiger partial charge in [-0.25, -0.2) is 0 Å². The van der Waals surface area contributed by atoms with Crippen molar-refractivity contribution in [3.63, 3.8) is 0 Å². The van der Waals surface area contributed by atoms with Gasteiger partial charge in [-0.3, -0.25) is 0 Å². The van der Waals surface area contributed by atoms with Crippen LogP contribution in [0.25, 0.3) is 0 Å². The highest BCUT2D eigenvalue weighted by Gasteiger charge is 2.65. The molecule has 14 heavy (non-hydrogen) atoms. The molecule has 86 valence electrons. The Kier molecular flexibility index (Phi) is 3.66. The second kappa shape index (κ2) is 3.73. The molecule has 0 amide bonds.